The van der Waals surface area contributed by atoms with Crippen LogP contribution >= 0.6 is 15.9 Å². The molecule has 21 heavy (non-hydrogen) atoms. The van der Waals surface area contributed by atoms with Crippen LogP contribution in [0.1, 0.15) is 20.7 Å². The van der Waals surface area contributed by atoms with E-state index >= 15 is 0 Å². The largest absolute Gasteiger partial charge is 0.478 e. The number of nitrogens with one attached hydrogen (secondary N) is 1. The van der Waals surface area contributed by atoms with Crippen LogP contribution in [0.5, 0.6) is 0 Å². The summed E-state index contributed by atoms with van der Waals surface area (Å²) in [6.07, 6.45) is 0. The zero-order chi connectivity index (χ0) is 15.6. The van der Waals surface area contributed by atoms with Crippen LogP contribution in [0.3, 0.4) is 0 Å². The lowest BCUT2D eigenvalue weighted by Gasteiger charge is -2.09. The molecule has 108 valence electrons. The number of anilines is 2. The van der Waals surface area contributed by atoms with Crippen molar-refractivity contribution in [2.75, 3.05) is 11.1 Å². The number of benzene rings is 2. The smallest absolute Gasteiger partial charge is 0.335 e. The fourth-order valence-electron chi connectivity index (χ4n) is 1.68. The van der Waals surface area contributed by atoms with Gasteiger partial charge < -0.3 is 16.2 Å². The zero-order valence-electron chi connectivity index (χ0n) is 10.6. The predicted molar refractivity (Wildman–Crippen MR) is 79.9 cm³/mol. The van der Waals surface area contributed by atoms with E-state index in [2.05, 4.69) is 21.2 Å². The summed E-state index contributed by atoms with van der Waals surface area (Å²) in [5, 5.41) is 11.2. The van der Waals surface area contributed by atoms with Crippen LogP contribution in [-0.2, 0) is 0 Å². The Balaban J connectivity index is 2.31. The highest BCUT2D eigenvalue weighted by atomic mass is 79.9. The Kier molecular flexibility index (Phi) is 4.23. The fourth-order valence-corrected chi connectivity index (χ4v) is 2.06. The zero-order valence-corrected chi connectivity index (χ0v) is 12.1. The second-order valence-electron chi connectivity index (χ2n) is 4.19. The van der Waals surface area contributed by atoms with E-state index in [0.717, 1.165) is 18.2 Å². The van der Waals surface area contributed by atoms with Crippen LogP contribution in [0, 0.1) is 5.82 Å². The Bertz CT molecular complexity index is 734. The molecule has 0 radical (unpaired) electrons. The SMILES string of the molecule is Nc1cc(Br)ccc1C(=O)Nc1cc(C(=O)O)ccc1F. The van der Waals surface area contributed by atoms with Gasteiger partial charge in [-0.15, -0.1) is 0 Å². The number of rotatable bonds is 3. The molecular weight excluding hydrogens is 343 g/mol. The average Bonchev–Trinajstić information content (AvgIpc) is 2.40. The van der Waals surface area contributed by atoms with E-state index in [4.69, 9.17) is 10.8 Å². The van der Waals surface area contributed by atoms with Crippen LogP contribution in [0.2, 0.25) is 0 Å². The molecule has 0 bridgehead atoms. The molecule has 7 heteroatoms. The number of hydrogen-bond donors (Lipinski definition) is 3. The third-order valence-corrected chi connectivity index (χ3v) is 3.21. The van der Waals surface area contributed by atoms with E-state index < -0.39 is 17.7 Å². The van der Waals surface area contributed by atoms with Crippen molar-refractivity contribution in [2.45, 2.75) is 0 Å². The Hall–Kier alpha value is -2.41. The van der Waals surface area contributed by atoms with E-state index in [1.165, 1.54) is 6.07 Å². The molecule has 0 aliphatic heterocycles. The average molecular weight is 353 g/mol. The lowest BCUT2D eigenvalue weighted by atomic mass is 10.1. The highest BCUT2D eigenvalue weighted by Crippen LogP contribution is 2.21. The molecule has 0 fully saturated rings. The molecule has 2 rings (SSSR count). The maximum absolute atomic E-state index is 13.6. The Morgan fingerprint density at radius 3 is 2.52 bits per heavy atom. The Morgan fingerprint density at radius 2 is 1.90 bits per heavy atom. The van der Waals surface area contributed by atoms with Crippen molar-refractivity contribution in [1.82, 2.24) is 0 Å². The molecule has 0 spiro atoms. The lowest BCUT2D eigenvalue weighted by Crippen LogP contribution is -2.15. The third kappa shape index (κ3) is 3.38. The quantitative estimate of drug-likeness (QED) is 0.740. The van der Waals surface area contributed by atoms with Gasteiger partial charge in [0.05, 0.1) is 16.8 Å². The highest BCUT2D eigenvalue weighted by molar-refractivity contribution is 9.10. The van der Waals surface area contributed by atoms with E-state index in [9.17, 15) is 14.0 Å². The van der Waals surface area contributed by atoms with Gasteiger partial charge in [0.25, 0.3) is 5.91 Å². The molecule has 0 aromatic heterocycles. The third-order valence-electron chi connectivity index (χ3n) is 2.72. The minimum Gasteiger partial charge on any atom is -0.478 e. The Morgan fingerprint density at radius 1 is 1.19 bits per heavy atom. The maximum Gasteiger partial charge on any atom is 0.335 e. The first kappa shape index (κ1) is 15.0. The van der Waals surface area contributed by atoms with Gasteiger partial charge in [-0.1, -0.05) is 15.9 Å². The van der Waals surface area contributed by atoms with Crippen LogP contribution < -0.4 is 11.1 Å². The fraction of sp³-hybridized carbons (Fsp3) is 0. The monoisotopic (exact) mass is 352 g/mol. The second kappa shape index (κ2) is 5.92. The van der Waals surface area contributed by atoms with E-state index in [1.807, 2.05) is 0 Å². The molecule has 0 heterocycles. The number of nitrogens with two attached hydrogens (primary N) is 1. The summed E-state index contributed by atoms with van der Waals surface area (Å²) >= 11 is 3.21. The first-order valence-corrected chi connectivity index (χ1v) is 6.57. The molecular formula is C14H10BrFN2O3. The number of nitrogen functional groups attached to an aromatic ring is 1. The van der Waals surface area contributed by atoms with E-state index in [-0.39, 0.29) is 22.5 Å². The molecule has 2 aromatic carbocycles. The van der Waals surface area contributed by atoms with Gasteiger partial charge in [-0.05, 0) is 36.4 Å². The van der Waals surface area contributed by atoms with Crippen molar-refractivity contribution < 1.29 is 19.1 Å². The summed E-state index contributed by atoms with van der Waals surface area (Å²) in [5.74, 6) is -2.57. The summed E-state index contributed by atoms with van der Waals surface area (Å²) in [5.41, 5.74) is 5.75. The molecule has 0 atom stereocenters. The lowest BCUT2D eigenvalue weighted by molar-refractivity contribution is 0.0696. The van der Waals surface area contributed by atoms with Crippen molar-refractivity contribution >= 4 is 39.2 Å². The summed E-state index contributed by atoms with van der Waals surface area (Å²) in [7, 11) is 0. The number of amides is 1. The molecule has 0 aliphatic rings. The first-order chi connectivity index (χ1) is 9.88. The van der Waals surface area contributed by atoms with Gasteiger partial charge >= 0.3 is 5.97 Å². The molecule has 0 saturated carbocycles. The summed E-state index contributed by atoms with van der Waals surface area (Å²) in [6.45, 7) is 0. The van der Waals surface area contributed by atoms with Crippen LogP contribution in [0.4, 0.5) is 15.8 Å². The van der Waals surface area contributed by atoms with Crippen molar-refractivity contribution in [3.8, 4) is 0 Å². The van der Waals surface area contributed by atoms with Gasteiger partial charge in [0, 0.05) is 10.2 Å². The normalized spacial score (nSPS) is 10.2. The van der Waals surface area contributed by atoms with Crippen molar-refractivity contribution in [3.63, 3.8) is 0 Å². The minimum absolute atomic E-state index is 0.129. The van der Waals surface area contributed by atoms with Gasteiger partial charge in [0.1, 0.15) is 5.82 Å². The molecule has 5 nitrogen and oxygen atoms in total. The molecule has 2 aromatic rings. The van der Waals surface area contributed by atoms with Crippen molar-refractivity contribution in [2.24, 2.45) is 0 Å². The Labute approximate surface area is 127 Å². The van der Waals surface area contributed by atoms with Gasteiger partial charge in [-0.2, -0.15) is 0 Å². The molecule has 0 aliphatic carbocycles. The van der Waals surface area contributed by atoms with Crippen LogP contribution in [0.15, 0.2) is 40.9 Å². The number of hydrogen-bond acceptors (Lipinski definition) is 3. The van der Waals surface area contributed by atoms with Crippen molar-refractivity contribution in [3.05, 3.63) is 57.8 Å². The van der Waals surface area contributed by atoms with E-state index in [1.54, 1.807) is 12.1 Å². The molecule has 4 N–H and O–H groups in total. The predicted octanol–water partition coefficient (Wildman–Crippen LogP) is 3.12. The summed E-state index contributed by atoms with van der Waals surface area (Å²) < 4.78 is 14.3. The molecule has 0 saturated heterocycles. The standard InChI is InChI=1S/C14H10BrFN2O3/c15-8-2-3-9(11(17)6-8)13(19)18-12-5-7(14(20)21)1-4-10(12)16/h1-6H,17H2,(H,18,19)(H,20,21). The van der Waals surface area contributed by atoms with Gasteiger partial charge in [-0.25, -0.2) is 9.18 Å². The van der Waals surface area contributed by atoms with Crippen LogP contribution in [0.25, 0.3) is 0 Å². The number of carboxylic acid groups (broad SMARTS) is 1. The highest BCUT2D eigenvalue weighted by Gasteiger charge is 2.14. The second-order valence-corrected chi connectivity index (χ2v) is 5.10. The molecule has 1 amide bonds. The van der Waals surface area contributed by atoms with Crippen molar-refractivity contribution in [1.29, 1.82) is 0 Å². The number of carbonyl (C=O) groups excluding carboxylic acids is 1. The first-order valence-electron chi connectivity index (χ1n) is 5.77. The summed E-state index contributed by atoms with van der Waals surface area (Å²) in [6, 6.07) is 7.78. The topological polar surface area (TPSA) is 92.4 Å². The van der Waals surface area contributed by atoms with E-state index in [0.29, 0.717) is 4.47 Å². The van der Waals surface area contributed by atoms with Crippen LogP contribution in [-0.4, -0.2) is 17.0 Å². The van der Waals surface area contributed by atoms with Gasteiger partial charge in [0.15, 0.2) is 0 Å². The number of halogens is 2. The molecule has 0 unspecified atom stereocenters. The minimum atomic E-state index is -1.21. The number of aromatic carboxylic acids is 1. The number of carboxylic acids is 1. The van der Waals surface area contributed by atoms with Gasteiger partial charge in [0.2, 0.25) is 0 Å². The number of carbonyl (C=O) groups is 2. The van der Waals surface area contributed by atoms with Gasteiger partial charge in [-0.3, -0.25) is 4.79 Å². The maximum atomic E-state index is 13.6. The summed E-state index contributed by atoms with van der Waals surface area (Å²) in [4.78, 5) is 22.9.